The van der Waals surface area contributed by atoms with Crippen LogP contribution in [0.1, 0.15) is 62.1 Å². The summed E-state index contributed by atoms with van der Waals surface area (Å²) in [6.45, 7) is 12.5. The number of halogens is 1. The standard InChI is InChI=1S/C33H44ClN5O5/c1-6-27-30(38-32(37-27)33(4,5)42)23-9-7-22(8-10-23)17-25(19-35-29(40)20-39-13-15-43-16-14-39)36-31(41)24-11-12-28(26(34)18-24)44-21(2)3/h7-12,18,21,25,42H,6,13-17,19-20H2,1-5H3,(H,35,40)(H,36,41)(H,37,38)/t25-/m0/s1. The number of aryl methyl sites for hydroxylation is 1. The lowest BCUT2D eigenvalue weighted by atomic mass is 10.0. The van der Waals surface area contributed by atoms with Gasteiger partial charge in [0.1, 0.15) is 17.2 Å². The number of amides is 2. The van der Waals surface area contributed by atoms with Crippen molar-refractivity contribution in [1.29, 1.82) is 0 Å². The van der Waals surface area contributed by atoms with Crippen molar-refractivity contribution in [2.24, 2.45) is 0 Å². The third-order valence-electron chi connectivity index (χ3n) is 7.33. The number of morpholine rings is 1. The first kappa shape index (κ1) is 33.5. The molecule has 4 N–H and O–H groups in total. The highest BCUT2D eigenvalue weighted by Gasteiger charge is 2.23. The van der Waals surface area contributed by atoms with Gasteiger partial charge in [-0.15, -0.1) is 0 Å². The number of nitrogens with one attached hydrogen (secondary N) is 3. The lowest BCUT2D eigenvalue weighted by Gasteiger charge is -2.26. The molecule has 2 amide bonds. The number of aliphatic hydroxyl groups is 1. The van der Waals surface area contributed by atoms with Gasteiger partial charge in [-0.3, -0.25) is 14.5 Å². The molecule has 0 aliphatic carbocycles. The van der Waals surface area contributed by atoms with Crippen molar-refractivity contribution >= 4 is 23.4 Å². The Hall–Kier alpha value is -3.44. The molecule has 0 radical (unpaired) electrons. The number of hydrogen-bond donors (Lipinski definition) is 4. The van der Waals surface area contributed by atoms with Crippen molar-refractivity contribution in [2.75, 3.05) is 39.4 Å². The Morgan fingerprint density at radius 1 is 1.16 bits per heavy atom. The molecule has 0 spiro atoms. The molecule has 1 atom stereocenters. The number of carbonyl (C=O) groups is 2. The zero-order valence-electron chi connectivity index (χ0n) is 26.2. The van der Waals surface area contributed by atoms with Crippen LogP contribution in [-0.2, 0) is 28.0 Å². The molecule has 11 heteroatoms. The Kier molecular flexibility index (Phi) is 11.4. The van der Waals surface area contributed by atoms with Gasteiger partial charge >= 0.3 is 0 Å². The third-order valence-corrected chi connectivity index (χ3v) is 7.63. The second-order valence-electron chi connectivity index (χ2n) is 11.9. The molecule has 1 fully saturated rings. The predicted octanol–water partition coefficient (Wildman–Crippen LogP) is 4.10. The molecule has 4 rings (SSSR count). The van der Waals surface area contributed by atoms with Crippen molar-refractivity contribution in [3.8, 4) is 17.0 Å². The van der Waals surface area contributed by atoms with Crippen LogP contribution >= 0.6 is 11.6 Å². The van der Waals surface area contributed by atoms with E-state index >= 15 is 0 Å². The van der Waals surface area contributed by atoms with E-state index in [2.05, 4.69) is 25.5 Å². The topological polar surface area (TPSA) is 129 Å². The van der Waals surface area contributed by atoms with E-state index in [1.165, 1.54) is 0 Å². The summed E-state index contributed by atoms with van der Waals surface area (Å²) in [7, 11) is 0. The first-order chi connectivity index (χ1) is 20.9. The molecule has 1 aliphatic heterocycles. The van der Waals surface area contributed by atoms with E-state index in [1.54, 1.807) is 32.0 Å². The smallest absolute Gasteiger partial charge is 0.251 e. The average molecular weight is 626 g/mol. The molecule has 0 saturated carbocycles. The first-order valence-corrected chi connectivity index (χ1v) is 15.6. The Balaban J connectivity index is 1.48. The summed E-state index contributed by atoms with van der Waals surface area (Å²) in [6.07, 6.45) is 1.18. The maximum absolute atomic E-state index is 13.3. The van der Waals surface area contributed by atoms with E-state index < -0.39 is 5.60 Å². The van der Waals surface area contributed by atoms with E-state index in [-0.39, 0.29) is 37.0 Å². The molecular formula is C33H44ClN5O5. The molecule has 1 aromatic heterocycles. The molecular weight excluding hydrogens is 582 g/mol. The van der Waals surface area contributed by atoms with Crippen LogP contribution in [0, 0.1) is 0 Å². The summed E-state index contributed by atoms with van der Waals surface area (Å²) >= 11 is 6.40. The molecule has 2 heterocycles. The Morgan fingerprint density at radius 3 is 2.48 bits per heavy atom. The fourth-order valence-corrected chi connectivity index (χ4v) is 5.19. The number of benzene rings is 2. The number of aromatic amines is 1. The van der Waals surface area contributed by atoms with E-state index in [9.17, 15) is 14.7 Å². The summed E-state index contributed by atoms with van der Waals surface area (Å²) in [6, 6.07) is 12.6. The van der Waals surface area contributed by atoms with E-state index in [0.717, 1.165) is 28.9 Å². The van der Waals surface area contributed by atoms with Crippen molar-refractivity contribution in [3.63, 3.8) is 0 Å². The van der Waals surface area contributed by atoms with E-state index in [4.69, 9.17) is 21.1 Å². The second kappa shape index (κ2) is 15.0. The Bertz CT molecular complexity index is 1410. The maximum atomic E-state index is 13.3. The van der Waals surface area contributed by atoms with Gasteiger partial charge in [-0.1, -0.05) is 42.8 Å². The fourth-order valence-electron chi connectivity index (χ4n) is 4.97. The molecule has 0 bridgehead atoms. The maximum Gasteiger partial charge on any atom is 0.251 e. The number of H-pyrrole nitrogens is 1. The van der Waals surface area contributed by atoms with Crippen LogP contribution < -0.4 is 15.4 Å². The highest BCUT2D eigenvalue weighted by molar-refractivity contribution is 6.32. The molecule has 10 nitrogen and oxygen atoms in total. The summed E-state index contributed by atoms with van der Waals surface area (Å²) in [5.41, 5.74) is 2.99. The summed E-state index contributed by atoms with van der Waals surface area (Å²) in [4.78, 5) is 36.0. The minimum atomic E-state index is -1.08. The molecule has 3 aromatic rings. The Morgan fingerprint density at radius 2 is 1.86 bits per heavy atom. The lowest BCUT2D eigenvalue weighted by molar-refractivity contribution is -0.123. The summed E-state index contributed by atoms with van der Waals surface area (Å²) < 4.78 is 11.1. The van der Waals surface area contributed by atoms with Crippen LogP contribution in [0.4, 0.5) is 0 Å². The van der Waals surface area contributed by atoms with Gasteiger partial charge in [0.15, 0.2) is 0 Å². The van der Waals surface area contributed by atoms with Gasteiger partial charge in [0, 0.05) is 36.5 Å². The normalized spacial score (nSPS) is 14.8. The van der Waals surface area contributed by atoms with Crippen molar-refractivity contribution < 1.29 is 24.2 Å². The number of carbonyl (C=O) groups excluding carboxylic acids is 2. The van der Waals surface area contributed by atoms with Crippen molar-refractivity contribution in [2.45, 2.75) is 65.2 Å². The van der Waals surface area contributed by atoms with Gasteiger partial charge in [0.05, 0.1) is 42.6 Å². The SMILES string of the molecule is CCc1[nH]c(C(C)(C)O)nc1-c1ccc(C[C@@H](CNC(=O)CN2CCOCC2)NC(=O)c2ccc(OC(C)C)c(Cl)c2)cc1. The molecule has 1 aliphatic rings. The third kappa shape index (κ3) is 9.28. The fraction of sp³-hybridized carbons (Fsp3) is 0.485. The minimum absolute atomic E-state index is 0.0471. The van der Waals surface area contributed by atoms with Crippen LogP contribution in [0.25, 0.3) is 11.3 Å². The zero-order chi connectivity index (χ0) is 31.9. The number of ether oxygens (including phenoxy) is 2. The predicted molar refractivity (Wildman–Crippen MR) is 171 cm³/mol. The quantitative estimate of drug-likeness (QED) is 0.225. The van der Waals surface area contributed by atoms with Crippen LogP contribution in [0.5, 0.6) is 5.75 Å². The lowest BCUT2D eigenvalue weighted by Crippen LogP contribution is -2.48. The summed E-state index contributed by atoms with van der Waals surface area (Å²) in [5, 5.41) is 16.9. The van der Waals surface area contributed by atoms with Gasteiger partial charge in [0.25, 0.3) is 5.91 Å². The number of hydrogen-bond acceptors (Lipinski definition) is 7. The number of rotatable bonds is 13. The molecule has 2 aromatic carbocycles. The van der Waals surface area contributed by atoms with Crippen molar-refractivity contribution in [1.82, 2.24) is 25.5 Å². The monoisotopic (exact) mass is 625 g/mol. The Labute approximate surface area is 264 Å². The largest absolute Gasteiger partial charge is 0.489 e. The van der Waals surface area contributed by atoms with Gasteiger partial charge in [0.2, 0.25) is 5.91 Å². The van der Waals surface area contributed by atoms with Crippen LogP contribution in [0.3, 0.4) is 0 Å². The first-order valence-electron chi connectivity index (χ1n) is 15.2. The van der Waals surface area contributed by atoms with E-state index in [1.807, 2.05) is 45.0 Å². The van der Waals surface area contributed by atoms with Gasteiger partial charge < -0.3 is 30.2 Å². The zero-order valence-corrected chi connectivity index (χ0v) is 27.0. The summed E-state index contributed by atoms with van der Waals surface area (Å²) in [5.74, 6) is 0.638. The van der Waals surface area contributed by atoms with Crippen molar-refractivity contribution in [3.05, 3.63) is 70.1 Å². The number of imidazole rings is 1. The molecule has 1 saturated heterocycles. The minimum Gasteiger partial charge on any atom is -0.489 e. The van der Waals surface area contributed by atoms with Gasteiger partial charge in [-0.2, -0.15) is 0 Å². The molecule has 44 heavy (non-hydrogen) atoms. The second-order valence-corrected chi connectivity index (χ2v) is 12.3. The highest BCUT2D eigenvalue weighted by Crippen LogP contribution is 2.28. The molecule has 238 valence electrons. The number of aromatic nitrogens is 2. The van der Waals surface area contributed by atoms with E-state index in [0.29, 0.717) is 54.9 Å². The highest BCUT2D eigenvalue weighted by atomic mass is 35.5. The van der Waals surface area contributed by atoms with Crippen LogP contribution in [0.2, 0.25) is 5.02 Å². The molecule has 0 unspecified atom stereocenters. The van der Waals surface area contributed by atoms with Gasteiger partial charge in [-0.25, -0.2) is 4.98 Å². The van der Waals surface area contributed by atoms with Crippen LogP contribution in [0.15, 0.2) is 42.5 Å². The average Bonchev–Trinajstić information content (AvgIpc) is 3.43. The number of nitrogens with zero attached hydrogens (tertiary/aromatic N) is 2. The van der Waals surface area contributed by atoms with Crippen LogP contribution in [-0.4, -0.2) is 83.3 Å². The van der Waals surface area contributed by atoms with Gasteiger partial charge in [-0.05, 0) is 64.3 Å².